The third-order valence-corrected chi connectivity index (χ3v) is 5.77. The Kier molecular flexibility index (Phi) is 5.67. The zero-order valence-electron chi connectivity index (χ0n) is 14.2. The Morgan fingerprint density at radius 2 is 2.00 bits per heavy atom. The van der Waals surface area contributed by atoms with Crippen LogP contribution in [0, 0.1) is 17.8 Å². The summed E-state index contributed by atoms with van der Waals surface area (Å²) in [4.78, 5) is 17.3. The quantitative estimate of drug-likeness (QED) is 0.862. The van der Waals surface area contributed by atoms with Crippen LogP contribution in [0.5, 0.6) is 0 Å². The summed E-state index contributed by atoms with van der Waals surface area (Å²) >= 11 is 0. The van der Waals surface area contributed by atoms with Crippen LogP contribution in [-0.2, 0) is 4.79 Å². The molecule has 0 aromatic heterocycles. The van der Waals surface area contributed by atoms with Crippen molar-refractivity contribution in [3.63, 3.8) is 0 Å². The van der Waals surface area contributed by atoms with Gasteiger partial charge in [-0.1, -0.05) is 20.8 Å². The minimum Gasteiger partial charge on any atom is -0.344 e. The lowest BCUT2D eigenvalue weighted by Gasteiger charge is -2.38. The van der Waals surface area contributed by atoms with Crippen LogP contribution in [0.2, 0.25) is 0 Å². The molecule has 5 atom stereocenters. The molecule has 1 aliphatic heterocycles. The second kappa shape index (κ2) is 7.10. The lowest BCUT2D eigenvalue weighted by Crippen LogP contribution is -2.48. The van der Waals surface area contributed by atoms with Crippen LogP contribution in [-0.4, -0.2) is 54.5 Å². The van der Waals surface area contributed by atoms with E-state index in [1.807, 2.05) is 11.9 Å². The average Bonchev–Trinajstić information content (AvgIpc) is 2.89. The Morgan fingerprint density at radius 1 is 1.29 bits per heavy atom. The molecule has 4 heteroatoms. The number of amides is 1. The fraction of sp³-hybridized carbons (Fsp3) is 0.941. The molecule has 1 saturated heterocycles. The summed E-state index contributed by atoms with van der Waals surface area (Å²) in [6.45, 7) is 9.79. The number of likely N-dealkylation sites (N-methyl/N-ethyl adjacent to an activating group) is 2. The van der Waals surface area contributed by atoms with E-state index in [-0.39, 0.29) is 12.0 Å². The Labute approximate surface area is 130 Å². The van der Waals surface area contributed by atoms with Crippen LogP contribution in [0.4, 0.5) is 0 Å². The maximum atomic E-state index is 12.8. The van der Waals surface area contributed by atoms with Crippen molar-refractivity contribution in [1.29, 1.82) is 0 Å². The molecule has 2 N–H and O–H groups in total. The third-order valence-electron chi connectivity index (χ3n) is 5.77. The number of likely N-dealkylation sites (tertiary alicyclic amines) is 1. The molecule has 0 aromatic rings. The smallest absolute Gasteiger partial charge is 0.225 e. The van der Waals surface area contributed by atoms with Crippen LogP contribution in [0.25, 0.3) is 0 Å². The van der Waals surface area contributed by atoms with Gasteiger partial charge in [-0.25, -0.2) is 0 Å². The summed E-state index contributed by atoms with van der Waals surface area (Å²) in [6, 6.07) is 0.734. The van der Waals surface area contributed by atoms with Gasteiger partial charge in [-0.15, -0.1) is 0 Å². The van der Waals surface area contributed by atoms with Crippen molar-refractivity contribution >= 4 is 5.91 Å². The van der Waals surface area contributed by atoms with Gasteiger partial charge >= 0.3 is 0 Å². The summed E-state index contributed by atoms with van der Waals surface area (Å²) in [6.07, 6.45) is 4.43. The minimum absolute atomic E-state index is 0.123. The zero-order chi connectivity index (χ0) is 15.6. The first-order valence-electron chi connectivity index (χ1n) is 8.68. The van der Waals surface area contributed by atoms with E-state index in [0.717, 1.165) is 25.9 Å². The van der Waals surface area contributed by atoms with Crippen molar-refractivity contribution in [3.8, 4) is 0 Å². The van der Waals surface area contributed by atoms with Crippen molar-refractivity contribution in [2.45, 2.75) is 58.5 Å². The van der Waals surface area contributed by atoms with Gasteiger partial charge in [0.15, 0.2) is 0 Å². The summed E-state index contributed by atoms with van der Waals surface area (Å²) in [5, 5.41) is 0. The highest BCUT2D eigenvalue weighted by Gasteiger charge is 2.37. The van der Waals surface area contributed by atoms with Crippen molar-refractivity contribution in [2.24, 2.45) is 23.5 Å². The highest BCUT2D eigenvalue weighted by Crippen LogP contribution is 2.34. The number of nitrogens with two attached hydrogens (primary N) is 1. The van der Waals surface area contributed by atoms with E-state index in [9.17, 15) is 4.79 Å². The van der Waals surface area contributed by atoms with Gasteiger partial charge < -0.3 is 10.6 Å². The Morgan fingerprint density at radius 3 is 2.67 bits per heavy atom. The van der Waals surface area contributed by atoms with Gasteiger partial charge in [0.05, 0.1) is 0 Å². The molecule has 0 spiro atoms. The van der Waals surface area contributed by atoms with Gasteiger partial charge in [0.25, 0.3) is 0 Å². The fourth-order valence-electron chi connectivity index (χ4n) is 4.23. The molecule has 1 aliphatic carbocycles. The molecule has 0 bridgehead atoms. The molecule has 21 heavy (non-hydrogen) atoms. The molecular weight excluding hydrogens is 262 g/mol. The van der Waals surface area contributed by atoms with E-state index in [1.54, 1.807) is 0 Å². The molecule has 0 radical (unpaired) electrons. The third kappa shape index (κ3) is 3.78. The van der Waals surface area contributed by atoms with Crippen LogP contribution in [0.15, 0.2) is 0 Å². The van der Waals surface area contributed by atoms with E-state index < -0.39 is 0 Å². The SMILES string of the molecule is CCN1CCCC1CN(C)C(=O)C1CC(N)C(C)CC1C. The fourth-order valence-corrected chi connectivity index (χ4v) is 4.23. The van der Waals surface area contributed by atoms with Crippen LogP contribution in [0.3, 0.4) is 0 Å². The number of carbonyl (C=O) groups is 1. The summed E-state index contributed by atoms with van der Waals surface area (Å²) in [7, 11) is 1.98. The topological polar surface area (TPSA) is 49.6 Å². The summed E-state index contributed by atoms with van der Waals surface area (Å²) in [5.74, 6) is 1.44. The normalized spacial score (nSPS) is 37.7. The number of carbonyl (C=O) groups excluding carboxylic acids is 1. The number of hydrogen-bond donors (Lipinski definition) is 1. The highest BCUT2D eigenvalue weighted by atomic mass is 16.2. The zero-order valence-corrected chi connectivity index (χ0v) is 14.2. The largest absolute Gasteiger partial charge is 0.344 e. The van der Waals surface area contributed by atoms with Crippen molar-refractivity contribution in [1.82, 2.24) is 9.80 Å². The minimum atomic E-state index is 0.123. The first kappa shape index (κ1) is 16.8. The van der Waals surface area contributed by atoms with E-state index in [4.69, 9.17) is 5.73 Å². The molecule has 2 aliphatic rings. The van der Waals surface area contributed by atoms with Gasteiger partial charge in [0, 0.05) is 31.6 Å². The monoisotopic (exact) mass is 295 g/mol. The maximum absolute atomic E-state index is 12.8. The van der Waals surface area contributed by atoms with Crippen molar-refractivity contribution in [3.05, 3.63) is 0 Å². The molecule has 0 aromatic carbocycles. The molecule has 2 fully saturated rings. The second-order valence-corrected chi connectivity index (χ2v) is 7.34. The highest BCUT2D eigenvalue weighted by molar-refractivity contribution is 5.79. The molecule has 1 saturated carbocycles. The molecule has 4 nitrogen and oxygen atoms in total. The molecule has 1 heterocycles. The lowest BCUT2D eigenvalue weighted by molar-refractivity contribution is -0.138. The van der Waals surface area contributed by atoms with Gasteiger partial charge in [-0.05, 0) is 50.6 Å². The Balaban J connectivity index is 1.92. The Bertz CT molecular complexity index is 360. The van der Waals surface area contributed by atoms with Crippen molar-refractivity contribution < 1.29 is 4.79 Å². The first-order valence-corrected chi connectivity index (χ1v) is 8.68. The maximum Gasteiger partial charge on any atom is 0.225 e. The van der Waals surface area contributed by atoms with Crippen LogP contribution >= 0.6 is 0 Å². The number of rotatable bonds is 4. The second-order valence-electron chi connectivity index (χ2n) is 7.34. The average molecular weight is 295 g/mol. The van der Waals surface area contributed by atoms with E-state index in [2.05, 4.69) is 25.7 Å². The van der Waals surface area contributed by atoms with Gasteiger partial charge in [-0.2, -0.15) is 0 Å². The predicted octanol–water partition coefficient (Wildman–Crippen LogP) is 1.94. The van der Waals surface area contributed by atoms with Crippen LogP contribution in [0.1, 0.15) is 46.5 Å². The van der Waals surface area contributed by atoms with Gasteiger partial charge in [0.2, 0.25) is 5.91 Å². The summed E-state index contributed by atoms with van der Waals surface area (Å²) < 4.78 is 0. The standard InChI is InChI=1S/C17H33N3O/c1-5-20-8-6-7-14(20)11-19(4)17(21)15-10-16(18)13(3)9-12(15)2/h12-16H,5-11,18H2,1-4H3. The van der Waals surface area contributed by atoms with Gasteiger partial charge in [-0.3, -0.25) is 9.69 Å². The van der Waals surface area contributed by atoms with Crippen molar-refractivity contribution in [2.75, 3.05) is 26.7 Å². The number of nitrogens with zero attached hydrogens (tertiary/aromatic N) is 2. The Hall–Kier alpha value is -0.610. The molecule has 122 valence electrons. The predicted molar refractivity (Wildman–Crippen MR) is 86.9 cm³/mol. The van der Waals surface area contributed by atoms with E-state index in [0.29, 0.717) is 23.8 Å². The molecule has 2 rings (SSSR count). The van der Waals surface area contributed by atoms with E-state index in [1.165, 1.54) is 19.4 Å². The first-order chi connectivity index (χ1) is 9.93. The lowest BCUT2D eigenvalue weighted by atomic mass is 9.72. The van der Waals surface area contributed by atoms with Gasteiger partial charge in [0.1, 0.15) is 0 Å². The molecular formula is C17H33N3O. The van der Waals surface area contributed by atoms with Crippen LogP contribution < -0.4 is 5.73 Å². The van der Waals surface area contributed by atoms with E-state index >= 15 is 0 Å². The number of hydrogen-bond acceptors (Lipinski definition) is 3. The summed E-state index contributed by atoms with van der Waals surface area (Å²) in [5.41, 5.74) is 6.20. The molecule has 1 amide bonds. The molecule has 5 unspecified atom stereocenters.